The first kappa shape index (κ1) is 11.5. The zero-order valence-electron chi connectivity index (χ0n) is 8.41. The minimum Gasteiger partial charge on any atom is -0.501 e. The number of ether oxygens (including phenoxy) is 3. The van der Waals surface area contributed by atoms with Crippen LogP contribution in [-0.2, 0) is 14.2 Å². The molecule has 14 heavy (non-hydrogen) atoms. The molecule has 4 nitrogen and oxygen atoms in total. The zero-order valence-corrected chi connectivity index (χ0v) is 8.41. The summed E-state index contributed by atoms with van der Waals surface area (Å²) in [5, 5.41) is 8.44. The third-order valence-electron chi connectivity index (χ3n) is 1.91. The summed E-state index contributed by atoms with van der Waals surface area (Å²) in [6.45, 7) is 3.01. The summed E-state index contributed by atoms with van der Waals surface area (Å²) in [5.41, 5.74) is 1.21. The van der Waals surface area contributed by atoms with Crippen LogP contribution in [0.1, 0.15) is 12.8 Å². The maximum absolute atomic E-state index is 8.44. The lowest BCUT2D eigenvalue weighted by molar-refractivity contribution is 0.0376. The molecule has 82 valence electrons. The van der Waals surface area contributed by atoms with Gasteiger partial charge in [0.25, 0.3) is 0 Å². The van der Waals surface area contributed by atoms with Crippen molar-refractivity contribution in [2.24, 2.45) is 0 Å². The Labute approximate surface area is 84.5 Å². The lowest BCUT2D eigenvalue weighted by Gasteiger charge is -2.13. The first-order valence-electron chi connectivity index (χ1n) is 4.99. The second kappa shape index (κ2) is 7.79. The summed E-state index contributed by atoms with van der Waals surface area (Å²) in [7, 11) is 0. The molecule has 0 aromatic rings. The number of aliphatic hydroxyl groups is 1. The van der Waals surface area contributed by atoms with Crippen molar-refractivity contribution in [2.75, 3.05) is 39.6 Å². The Balaban J connectivity index is 1.90. The standard InChI is InChI=1S/C10H18O4/c11-3-5-12-6-7-14-9-10-2-1-4-13-8-10/h8,11H,1-7,9H2. The number of hydrogen-bond donors (Lipinski definition) is 1. The van der Waals surface area contributed by atoms with Crippen LogP contribution >= 0.6 is 0 Å². The Kier molecular flexibility index (Phi) is 6.40. The first-order valence-corrected chi connectivity index (χ1v) is 4.99. The van der Waals surface area contributed by atoms with Crippen LogP contribution in [0.5, 0.6) is 0 Å². The third-order valence-corrected chi connectivity index (χ3v) is 1.91. The van der Waals surface area contributed by atoms with E-state index in [9.17, 15) is 0 Å². The smallest absolute Gasteiger partial charge is 0.0876 e. The summed E-state index contributed by atoms with van der Waals surface area (Å²) in [4.78, 5) is 0. The van der Waals surface area contributed by atoms with E-state index in [4.69, 9.17) is 19.3 Å². The molecule has 0 fully saturated rings. The summed E-state index contributed by atoms with van der Waals surface area (Å²) in [5.74, 6) is 0. The van der Waals surface area contributed by atoms with Crippen molar-refractivity contribution in [1.82, 2.24) is 0 Å². The van der Waals surface area contributed by atoms with Gasteiger partial charge in [-0.15, -0.1) is 0 Å². The predicted octanol–water partition coefficient (Wildman–Crippen LogP) is 0.706. The lowest BCUT2D eigenvalue weighted by Crippen LogP contribution is -2.10. The van der Waals surface area contributed by atoms with Gasteiger partial charge < -0.3 is 19.3 Å². The number of rotatable bonds is 7. The molecule has 1 N–H and O–H groups in total. The molecule has 1 heterocycles. The molecule has 0 unspecified atom stereocenters. The molecule has 0 amide bonds. The SMILES string of the molecule is OCCOCCOCC1=COCCC1. The third kappa shape index (κ3) is 5.21. The van der Waals surface area contributed by atoms with Crippen molar-refractivity contribution in [3.8, 4) is 0 Å². The fraction of sp³-hybridized carbons (Fsp3) is 0.800. The van der Waals surface area contributed by atoms with Crippen molar-refractivity contribution in [2.45, 2.75) is 12.8 Å². The Hall–Kier alpha value is -0.580. The molecule has 4 heteroatoms. The molecule has 0 radical (unpaired) electrons. The molecule has 1 aliphatic heterocycles. The molecule has 0 atom stereocenters. The molecule has 0 bridgehead atoms. The van der Waals surface area contributed by atoms with Crippen molar-refractivity contribution in [3.05, 3.63) is 11.8 Å². The van der Waals surface area contributed by atoms with E-state index in [2.05, 4.69) is 0 Å². The van der Waals surface area contributed by atoms with E-state index in [-0.39, 0.29) is 6.61 Å². The molecule has 1 rings (SSSR count). The normalized spacial score (nSPS) is 16.2. The molecule has 0 aromatic heterocycles. The lowest BCUT2D eigenvalue weighted by atomic mass is 10.1. The zero-order chi connectivity index (χ0) is 10.1. The Bertz CT molecular complexity index is 168. The maximum atomic E-state index is 8.44. The van der Waals surface area contributed by atoms with E-state index >= 15 is 0 Å². The van der Waals surface area contributed by atoms with E-state index in [1.54, 1.807) is 6.26 Å². The maximum Gasteiger partial charge on any atom is 0.0876 e. The molecule has 1 aliphatic rings. The Morgan fingerprint density at radius 2 is 2.14 bits per heavy atom. The van der Waals surface area contributed by atoms with Crippen LogP contribution in [-0.4, -0.2) is 44.7 Å². The van der Waals surface area contributed by atoms with Crippen molar-refractivity contribution in [3.63, 3.8) is 0 Å². The van der Waals surface area contributed by atoms with Gasteiger partial charge in [0.1, 0.15) is 0 Å². The van der Waals surface area contributed by atoms with Crippen LogP contribution in [0.4, 0.5) is 0 Å². The Morgan fingerprint density at radius 1 is 1.29 bits per heavy atom. The molecule has 0 saturated heterocycles. The number of aliphatic hydroxyl groups excluding tert-OH is 1. The molecule has 0 saturated carbocycles. The van der Waals surface area contributed by atoms with Gasteiger partial charge >= 0.3 is 0 Å². The fourth-order valence-electron chi connectivity index (χ4n) is 1.21. The second-order valence-electron chi connectivity index (χ2n) is 3.14. The van der Waals surface area contributed by atoms with Crippen LogP contribution in [0.3, 0.4) is 0 Å². The first-order chi connectivity index (χ1) is 6.93. The van der Waals surface area contributed by atoms with Gasteiger partial charge in [-0.05, 0) is 18.4 Å². The summed E-state index contributed by atoms with van der Waals surface area (Å²) >= 11 is 0. The van der Waals surface area contributed by atoms with Gasteiger partial charge in [0.05, 0.1) is 45.9 Å². The highest BCUT2D eigenvalue weighted by atomic mass is 16.5. The van der Waals surface area contributed by atoms with Gasteiger partial charge in [0, 0.05) is 0 Å². The van der Waals surface area contributed by atoms with Crippen LogP contribution in [0, 0.1) is 0 Å². The Morgan fingerprint density at radius 3 is 2.86 bits per heavy atom. The molecular formula is C10H18O4. The fourth-order valence-corrected chi connectivity index (χ4v) is 1.21. The van der Waals surface area contributed by atoms with Crippen LogP contribution in [0.25, 0.3) is 0 Å². The van der Waals surface area contributed by atoms with Gasteiger partial charge in [0.2, 0.25) is 0 Å². The average Bonchev–Trinajstić information content (AvgIpc) is 2.25. The molecule has 0 aliphatic carbocycles. The van der Waals surface area contributed by atoms with Gasteiger partial charge in [-0.2, -0.15) is 0 Å². The van der Waals surface area contributed by atoms with E-state index < -0.39 is 0 Å². The van der Waals surface area contributed by atoms with E-state index in [1.165, 1.54) is 5.57 Å². The highest BCUT2D eigenvalue weighted by Crippen LogP contribution is 2.11. The van der Waals surface area contributed by atoms with Crippen LogP contribution in [0.2, 0.25) is 0 Å². The molecule has 0 spiro atoms. The van der Waals surface area contributed by atoms with Crippen molar-refractivity contribution < 1.29 is 19.3 Å². The average molecular weight is 202 g/mol. The van der Waals surface area contributed by atoms with Crippen LogP contribution < -0.4 is 0 Å². The number of hydrogen-bond acceptors (Lipinski definition) is 4. The van der Waals surface area contributed by atoms with E-state index in [0.29, 0.717) is 26.4 Å². The topological polar surface area (TPSA) is 47.9 Å². The summed E-state index contributed by atoms with van der Waals surface area (Å²) in [6.07, 6.45) is 3.94. The van der Waals surface area contributed by atoms with E-state index in [1.807, 2.05) is 0 Å². The van der Waals surface area contributed by atoms with Crippen molar-refractivity contribution in [1.29, 1.82) is 0 Å². The molecule has 0 aromatic carbocycles. The molecular weight excluding hydrogens is 184 g/mol. The summed E-state index contributed by atoms with van der Waals surface area (Å²) in [6, 6.07) is 0. The minimum atomic E-state index is 0.0684. The van der Waals surface area contributed by atoms with Gasteiger partial charge in [-0.1, -0.05) is 0 Å². The minimum absolute atomic E-state index is 0.0684. The largest absolute Gasteiger partial charge is 0.501 e. The summed E-state index contributed by atoms with van der Waals surface area (Å²) < 4.78 is 15.6. The van der Waals surface area contributed by atoms with E-state index in [0.717, 1.165) is 19.4 Å². The van der Waals surface area contributed by atoms with Crippen molar-refractivity contribution >= 4 is 0 Å². The quantitative estimate of drug-likeness (QED) is 0.617. The van der Waals surface area contributed by atoms with Crippen LogP contribution in [0.15, 0.2) is 11.8 Å². The van der Waals surface area contributed by atoms with Gasteiger partial charge in [-0.25, -0.2) is 0 Å². The monoisotopic (exact) mass is 202 g/mol. The van der Waals surface area contributed by atoms with Gasteiger partial charge in [0.15, 0.2) is 0 Å². The predicted molar refractivity (Wildman–Crippen MR) is 52.0 cm³/mol. The van der Waals surface area contributed by atoms with Gasteiger partial charge in [-0.3, -0.25) is 0 Å². The highest BCUT2D eigenvalue weighted by Gasteiger charge is 2.03. The highest BCUT2D eigenvalue weighted by molar-refractivity contribution is 5.00. The second-order valence-corrected chi connectivity index (χ2v) is 3.14.